The molecule has 1 aliphatic rings. The van der Waals surface area contributed by atoms with E-state index < -0.39 is 46.9 Å². The molecule has 20 heavy (non-hydrogen) atoms. The van der Waals surface area contributed by atoms with Crippen LogP contribution in [0.1, 0.15) is 6.42 Å². The van der Waals surface area contributed by atoms with E-state index in [1.54, 1.807) is 0 Å². The molecule has 1 fully saturated rings. The van der Waals surface area contributed by atoms with Gasteiger partial charge in [-0.3, -0.25) is 9.59 Å². The van der Waals surface area contributed by atoms with Crippen LogP contribution in [-0.2, 0) is 24.2 Å². The standard InChI is InChI=1S/C10H16N2O7S/c1-19-9(15)4-11-10(16)12(5-8(13)14)7-2-3-20(17,18)6-7/h7H,2-6H2,1H3,(H,11,16)(H,13,14). The van der Waals surface area contributed by atoms with Crippen molar-refractivity contribution in [3.63, 3.8) is 0 Å². The van der Waals surface area contributed by atoms with Gasteiger partial charge in [0.15, 0.2) is 9.84 Å². The second-order valence-electron chi connectivity index (χ2n) is 4.31. The van der Waals surface area contributed by atoms with E-state index in [9.17, 15) is 22.8 Å². The molecule has 1 saturated heterocycles. The van der Waals surface area contributed by atoms with Gasteiger partial charge < -0.3 is 20.1 Å². The highest BCUT2D eigenvalue weighted by Crippen LogP contribution is 2.17. The van der Waals surface area contributed by atoms with Gasteiger partial charge in [-0.1, -0.05) is 0 Å². The molecule has 0 radical (unpaired) electrons. The van der Waals surface area contributed by atoms with Gasteiger partial charge in [0, 0.05) is 6.04 Å². The van der Waals surface area contributed by atoms with Crippen molar-refractivity contribution in [3.05, 3.63) is 0 Å². The van der Waals surface area contributed by atoms with Gasteiger partial charge in [-0.2, -0.15) is 0 Å². The molecule has 0 spiro atoms. The van der Waals surface area contributed by atoms with E-state index in [4.69, 9.17) is 5.11 Å². The molecule has 2 N–H and O–H groups in total. The third kappa shape index (κ3) is 4.68. The topological polar surface area (TPSA) is 130 Å². The number of sulfone groups is 1. The Kier molecular flexibility index (Phi) is 5.31. The predicted octanol–water partition coefficient (Wildman–Crippen LogP) is -1.56. The van der Waals surface area contributed by atoms with Crippen LogP contribution in [-0.4, -0.2) is 74.1 Å². The maximum Gasteiger partial charge on any atom is 0.325 e. The molecule has 114 valence electrons. The van der Waals surface area contributed by atoms with Gasteiger partial charge in [0.05, 0.1) is 18.6 Å². The summed E-state index contributed by atoms with van der Waals surface area (Å²) in [5, 5.41) is 11.0. The highest BCUT2D eigenvalue weighted by Gasteiger charge is 2.35. The zero-order valence-corrected chi connectivity index (χ0v) is 11.7. The molecule has 0 aromatic rings. The van der Waals surface area contributed by atoms with Crippen LogP contribution in [0.2, 0.25) is 0 Å². The number of esters is 1. The van der Waals surface area contributed by atoms with E-state index in [1.165, 1.54) is 0 Å². The summed E-state index contributed by atoms with van der Waals surface area (Å²) in [6.07, 6.45) is 0.182. The molecule has 2 amide bonds. The lowest BCUT2D eigenvalue weighted by atomic mass is 10.2. The molecule has 1 rings (SSSR count). The van der Waals surface area contributed by atoms with Crippen molar-refractivity contribution in [2.45, 2.75) is 12.5 Å². The second-order valence-corrected chi connectivity index (χ2v) is 6.54. The SMILES string of the molecule is COC(=O)CNC(=O)N(CC(=O)O)C1CCS(=O)(=O)C1. The van der Waals surface area contributed by atoms with Crippen molar-refractivity contribution in [2.24, 2.45) is 0 Å². The number of aliphatic carboxylic acids is 1. The van der Waals surface area contributed by atoms with Crippen molar-refractivity contribution >= 4 is 27.8 Å². The number of nitrogens with zero attached hydrogens (tertiary/aromatic N) is 1. The van der Waals surface area contributed by atoms with Gasteiger partial charge in [0.25, 0.3) is 0 Å². The van der Waals surface area contributed by atoms with Crippen LogP contribution in [0.25, 0.3) is 0 Å². The van der Waals surface area contributed by atoms with E-state index in [-0.39, 0.29) is 17.9 Å². The van der Waals surface area contributed by atoms with Crippen LogP contribution in [0.3, 0.4) is 0 Å². The molecule has 0 saturated carbocycles. The minimum absolute atomic E-state index is 0.0853. The lowest BCUT2D eigenvalue weighted by Crippen LogP contribution is -2.50. The molecule has 0 aromatic heterocycles. The van der Waals surface area contributed by atoms with Crippen LogP contribution in [0, 0.1) is 0 Å². The number of urea groups is 1. The minimum atomic E-state index is -3.25. The third-order valence-corrected chi connectivity index (χ3v) is 4.58. The zero-order chi connectivity index (χ0) is 15.3. The summed E-state index contributed by atoms with van der Waals surface area (Å²) >= 11 is 0. The summed E-state index contributed by atoms with van der Waals surface area (Å²) in [6, 6.07) is -1.51. The summed E-state index contributed by atoms with van der Waals surface area (Å²) in [5.41, 5.74) is 0. The number of hydrogen-bond donors (Lipinski definition) is 2. The van der Waals surface area contributed by atoms with Crippen LogP contribution >= 0.6 is 0 Å². The van der Waals surface area contributed by atoms with E-state index in [1.807, 2.05) is 0 Å². The van der Waals surface area contributed by atoms with Crippen LogP contribution in [0.15, 0.2) is 0 Å². The Balaban J connectivity index is 2.71. The molecule has 1 heterocycles. The molecule has 0 aromatic carbocycles. The van der Waals surface area contributed by atoms with Gasteiger partial charge >= 0.3 is 18.0 Å². The summed E-state index contributed by atoms with van der Waals surface area (Å²) < 4.78 is 27.1. The average Bonchev–Trinajstić information content (AvgIpc) is 2.72. The average molecular weight is 308 g/mol. The number of carbonyl (C=O) groups is 3. The molecule has 10 heteroatoms. The fourth-order valence-corrected chi connectivity index (χ4v) is 3.59. The second kappa shape index (κ2) is 6.55. The summed E-state index contributed by atoms with van der Waals surface area (Å²) in [6.45, 7) is -1.04. The van der Waals surface area contributed by atoms with Gasteiger partial charge in [-0.25, -0.2) is 13.2 Å². The number of carbonyl (C=O) groups excluding carboxylic acids is 2. The normalized spacial score (nSPS) is 20.1. The minimum Gasteiger partial charge on any atom is -0.480 e. The molecule has 1 unspecified atom stereocenters. The van der Waals surface area contributed by atoms with E-state index in [0.29, 0.717) is 0 Å². The van der Waals surface area contributed by atoms with Crippen molar-refractivity contribution in [1.82, 2.24) is 10.2 Å². The van der Waals surface area contributed by atoms with Gasteiger partial charge in [0.2, 0.25) is 0 Å². The molecule has 9 nitrogen and oxygen atoms in total. The molecule has 1 aliphatic heterocycles. The number of hydrogen-bond acceptors (Lipinski definition) is 6. The molecular weight excluding hydrogens is 292 g/mol. The highest BCUT2D eigenvalue weighted by molar-refractivity contribution is 7.91. The fraction of sp³-hybridized carbons (Fsp3) is 0.700. The molecular formula is C10H16N2O7S. The summed E-state index contributed by atoms with van der Waals surface area (Å²) in [5.74, 6) is -2.31. The zero-order valence-electron chi connectivity index (χ0n) is 10.9. The van der Waals surface area contributed by atoms with Crippen molar-refractivity contribution < 1.29 is 32.6 Å². The largest absolute Gasteiger partial charge is 0.480 e. The number of rotatable bonds is 5. The lowest BCUT2D eigenvalue weighted by Gasteiger charge is -2.26. The number of amides is 2. The van der Waals surface area contributed by atoms with E-state index >= 15 is 0 Å². The quantitative estimate of drug-likeness (QED) is 0.587. The number of ether oxygens (including phenoxy) is 1. The van der Waals surface area contributed by atoms with Crippen LogP contribution < -0.4 is 5.32 Å². The maximum absolute atomic E-state index is 11.8. The summed E-state index contributed by atoms with van der Waals surface area (Å²) in [7, 11) is -2.11. The van der Waals surface area contributed by atoms with Crippen LogP contribution in [0.5, 0.6) is 0 Å². The Morgan fingerprint density at radius 3 is 2.50 bits per heavy atom. The first-order chi connectivity index (χ1) is 9.25. The predicted molar refractivity (Wildman–Crippen MR) is 66.8 cm³/mol. The first-order valence-electron chi connectivity index (χ1n) is 5.78. The van der Waals surface area contributed by atoms with E-state index in [0.717, 1.165) is 12.0 Å². The van der Waals surface area contributed by atoms with Crippen molar-refractivity contribution in [1.29, 1.82) is 0 Å². The van der Waals surface area contributed by atoms with Gasteiger partial charge in [-0.15, -0.1) is 0 Å². The Bertz CT molecular complexity index is 502. The first-order valence-corrected chi connectivity index (χ1v) is 7.61. The highest BCUT2D eigenvalue weighted by atomic mass is 32.2. The van der Waals surface area contributed by atoms with Crippen molar-refractivity contribution in [3.8, 4) is 0 Å². The molecule has 0 aliphatic carbocycles. The Morgan fingerprint density at radius 1 is 1.40 bits per heavy atom. The Hall–Kier alpha value is -1.84. The first kappa shape index (κ1) is 16.2. The van der Waals surface area contributed by atoms with Crippen molar-refractivity contribution in [2.75, 3.05) is 31.7 Å². The smallest absolute Gasteiger partial charge is 0.325 e. The summed E-state index contributed by atoms with van der Waals surface area (Å²) in [4.78, 5) is 34.4. The van der Waals surface area contributed by atoms with Crippen LogP contribution in [0.4, 0.5) is 4.79 Å². The molecule has 1 atom stereocenters. The monoisotopic (exact) mass is 308 g/mol. The maximum atomic E-state index is 11.8. The van der Waals surface area contributed by atoms with E-state index in [2.05, 4.69) is 10.1 Å². The Morgan fingerprint density at radius 2 is 2.05 bits per heavy atom. The lowest BCUT2D eigenvalue weighted by molar-refractivity contribution is -0.139. The van der Waals surface area contributed by atoms with Gasteiger partial charge in [0.1, 0.15) is 13.1 Å². The van der Waals surface area contributed by atoms with Gasteiger partial charge in [-0.05, 0) is 6.42 Å². The number of nitrogens with one attached hydrogen (secondary N) is 1. The Labute approximate surface area is 115 Å². The third-order valence-electron chi connectivity index (χ3n) is 2.83. The number of methoxy groups -OCH3 is 1. The fourth-order valence-electron chi connectivity index (χ4n) is 1.86. The number of carboxylic acid groups (broad SMARTS) is 1. The molecule has 0 bridgehead atoms. The number of carboxylic acids is 1.